The normalized spacial score (nSPS) is 35.3. The van der Waals surface area contributed by atoms with Crippen LogP contribution in [0.25, 0.3) is 5.73 Å². The van der Waals surface area contributed by atoms with Crippen LogP contribution in [0.2, 0.25) is 0 Å². The van der Waals surface area contributed by atoms with E-state index in [1.54, 1.807) is 0 Å². The molecule has 2 rings (SSSR count). The molecule has 0 radical (unpaired) electrons. The molecule has 2 nitrogen and oxygen atoms in total. The van der Waals surface area contributed by atoms with Crippen molar-refractivity contribution < 1.29 is 51.4 Å². The van der Waals surface area contributed by atoms with E-state index < -0.39 is 0 Å². The van der Waals surface area contributed by atoms with Crippen LogP contribution >= 0.6 is 0 Å². The Morgan fingerprint density at radius 2 is 1.67 bits per heavy atom. The second-order valence-corrected chi connectivity index (χ2v) is 2.41. The Labute approximate surface area is 99.4 Å². The number of piperidine rings is 1. The minimum Gasteiger partial charge on any atom is -0.680 e. The summed E-state index contributed by atoms with van der Waals surface area (Å²) in [6, 6.07) is 0. The van der Waals surface area contributed by atoms with Gasteiger partial charge in [0.2, 0.25) is 0 Å². The van der Waals surface area contributed by atoms with Crippen LogP contribution in [-0.4, -0.2) is 20.1 Å². The van der Waals surface area contributed by atoms with Crippen molar-refractivity contribution in [2.24, 2.45) is 11.8 Å². The molecular weight excluding hydrogens is 139 g/mol. The molecule has 2 N–H and O–H groups in total. The summed E-state index contributed by atoms with van der Waals surface area (Å²) in [5.74, 6) is 2.20. The molecule has 1 heterocycles. The van der Waals surface area contributed by atoms with E-state index in [0.29, 0.717) is 0 Å². The second-order valence-electron chi connectivity index (χ2n) is 2.41. The maximum Gasteiger partial charge on any atom is 1.00 e. The van der Waals surface area contributed by atoms with Gasteiger partial charge in [-0.3, -0.25) is 0 Å². The van der Waals surface area contributed by atoms with E-state index in [4.69, 9.17) is 5.73 Å². The van der Waals surface area contributed by atoms with E-state index in [1.807, 2.05) is 0 Å². The van der Waals surface area contributed by atoms with Gasteiger partial charge in [-0.25, -0.2) is 0 Å². The van der Waals surface area contributed by atoms with E-state index >= 15 is 0 Å². The summed E-state index contributed by atoms with van der Waals surface area (Å²) in [4.78, 5) is 0. The third-order valence-electron chi connectivity index (χ3n) is 1.88. The molecule has 2 unspecified atom stereocenters. The van der Waals surface area contributed by atoms with Crippen molar-refractivity contribution in [3.63, 3.8) is 0 Å². The fourth-order valence-electron chi connectivity index (χ4n) is 1.26. The fourth-order valence-corrected chi connectivity index (χ4v) is 1.26. The first-order valence-electron chi connectivity index (χ1n) is 3.17. The van der Waals surface area contributed by atoms with Gasteiger partial charge >= 0.3 is 51.4 Å². The largest absolute Gasteiger partial charge is 1.00 e. The van der Waals surface area contributed by atoms with Crippen LogP contribution in [0.1, 0.15) is 6.42 Å². The van der Waals surface area contributed by atoms with Gasteiger partial charge in [-0.1, -0.05) is 0 Å². The molecule has 1 aliphatic carbocycles. The minimum absolute atomic E-state index is 0. The second kappa shape index (κ2) is 5.24. The van der Waals surface area contributed by atoms with Gasteiger partial charge in [0, 0.05) is 0 Å². The summed E-state index contributed by atoms with van der Waals surface area (Å²) in [5, 5.41) is 3.32. The standard InChI is InChI=1S/C5H9N.CH4N.K/c1-4-2-6-3-5(1)4;1-2;/h4-6H,1-3H2;2H,1H3;/q;-1;+1. The van der Waals surface area contributed by atoms with E-state index in [0.717, 1.165) is 11.8 Å². The average molecular weight is 152 g/mol. The van der Waals surface area contributed by atoms with Crippen molar-refractivity contribution >= 4 is 0 Å². The molecule has 2 aliphatic rings. The zero-order chi connectivity index (χ0) is 5.98. The Balaban J connectivity index is 0.000000198. The Kier molecular flexibility index (Phi) is 6.14. The summed E-state index contributed by atoms with van der Waals surface area (Å²) < 4.78 is 0. The molecule has 1 aliphatic heterocycles. The van der Waals surface area contributed by atoms with Crippen molar-refractivity contribution in [3.8, 4) is 0 Å². The predicted molar refractivity (Wildman–Crippen MR) is 34.7 cm³/mol. The van der Waals surface area contributed by atoms with Crippen LogP contribution < -0.4 is 56.7 Å². The van der Waals surface area contributed by atoms with Crippen molar-refractivity contribution in [2.75, 3.05) is 20.1 Å². The molecule has 2 fully saturated rings. The number of nitrogens with one attached hydrogen (secondary N) is 2. The van der Waals surface area contributed by atoms with E-state index in [1.165, 1.54) is 26.6 Å². The van der Waals surface area contributed by atoms with Gasteiger partial charge in [0.25, 0.3) is 0 Å². The number of fused-ring (bicyclic) bond motifs is 1. The smallest absolute Gasteiger partial charge is 0.680 e. The van der Waals surface area contributed by atoms with Crippen molar-refractivity contribution in [2.45, 2.75) is 6.42 Å². The molecule has 0 aromatic rings. The molecule has 0 aromatic heterocycles. The summed E-state index contributed by atoms with van der Waals surface area (Å²) in [7, 11) is 1.25. The summed E-state index contributed by atoms with van der Waals surface area (Å²) >= 11 is 0. The predicted octanol–water partition coefficient (Wildman–Crippen LogP) is -2.10. The average Bonchev–Trinajstić information content (AvgIpc) is 2.46. The third-order valence-corrected chi connectivity index (χ3v) is 1.88. The first-order valence-corrected chi connectivity index (χ1v) is 3.17. The van der Waals surface area contributed by atoms with Crippen LogP contribution in [0.4, 0.5) is 0 Å². The maximum atomic E-state index is 5.75. The van der Waals surface area contributed by atoms with Crippen molar-refractivity contribution in [1.82, 2.24) is 5.32 Å². The molecule has 2 atom stereocenters. The van der Waals surface area contributed by atoms with E-state index in [-0.39, 0.29) is 51.4 Å². The Hall–Kier alpha value is 1.56. The van der Waals surface area contributed by atoms with Gasteiger partial charge in [-0.15, -0.1) is 0 Å². The minimum atomic E-state index is 0. The van der Waals surface area contributed by atoms with Crippen LogP contribution in [0.15, 0.2) is 0 Å². The van der Waals surface area contributed by atoms with Crippen molar-refractivity contribution in [1.29, 1.82) is 0 Å². The Morgan fingerprint density at radius 1 is 1.22 bits per heavy atom. The Bertz CT molecular complexity index is 69.5. The van der Waals surface area contributed by atoms with E-state index in [2.05, 4.69) is 5.32 Å². The van der Waals surface area contributed by atoms with Crippen LogP contribution in [0, 0.1) is 11.8 Å². The first kappa shape index (κ1) is 10.6. The molecule has 0 spiro atoms. The van der Waals surface area contributed by atoms with Gasteiger partial charge in [0.15, 0.2) is 0 Å². The van der Waals surface area contributed by atoms with Gasteiger partial charge in [0.05, 0.1) is 0 Å². The van der Waals surface area contributed by atoms with Gasteiger partial charge in [-0.2, -0.15) is 7.05 Å². The first-order chi connectivity index (χ1) is 3.97. The van der Waals surface area contributed by atoms with E-state index in [9.17, 15) is 0 Å². The SMILES string of the molecule is C1NCC2CC12.C[NH-].[K+]. The third kappa shape index (κ3) is 2.97. The summed E-state index contributed by atoms with van der Waals surface area (Å²) in [6.45, 7) is 2.62. The number of rotatable bonds is 0. The van der Waals surface area contributed by atoms with Crippen LogP contribution in [-0.2, 0) is 0 Å². The number of hydrogen-bond acceptors (Lipinski definition) is 1. The summed E-state index contributed by atoms with van der Waals surface area (Å²) in [5.41, 5.74) is 5.75. The van der Waals surface area contributed by atoms with Crippen molar-refractivity contribution in [3.05, 3.63) is 5.73 Å². The molecule has 0 aromatic carbocycles. The molecule has 1 saturated heterocycles. The maximum absolute atomic E-state index is 5.75. The van der Waals surface area contributed by atoms with Gasteiger partial charge in [-0.05, 0) is 31.3 Å². The quantitative estimate of drug-likeness (QED) is 0.397. The molecule has 1 saturated carbocycles. The zero-order valence-electron chi connectivity index (χ0n) is 6.28. The topological polar surface area (TPSA) is 35.8 Å². The van der Waals surface area contributed by atoms with Gasteiger partial charge in [0.1, 0.15) is 0 Å². The molecule has 9 heavy (non-hydrogen) atoms. The Morgan fingerprint density at radius 3 is 1.78 bits per heavy atom. The summed E-state index contributed by atoms with van der Waals surface area (Å²) in [6.07, 6.45) is 1.52. The molecular formula is C6H13KN2. The monoisotopic (exact) mass is 152 g/mol. The van der Waals surface area contributed by atoms with Gasteiger partial charge < -0.3 is 11.1 Å². The van der Waals surface area contributed by atoms with Crippen LogP contribution in [0.5, 0.6) is 0 Å². The fraction of sp³-hybridized carbons (Fsp3) is 1.00. The molecule has 3 heteroatoms. The molecule has 0 amide bonds. The molecule has 48 valence electrons. The molecule has 0 bridgehead atoms. The zero-order valence-corrected chi connectivity index (χ0v) is 9.40. The number of hydrogen-bond donors (Lipinski definition) is 1. The van der Waals surface area contributed by atoms with Crippen LogP contribution in [0.3, 0.4) is 0 Å².